The maximum Gasteiger partial charge on any atom is 0.223 e. The summed E-state index contributed by atoms with van der Waals surface area (Å²) in [5, 5.41) is 12.2. The minimum Gasteiger partial charge on any atom is -0.493 e. The van der Waals surface area contributed by atoms with Crippen LogP contribution in [0.1, 0.15) is 25.7 Å². The van der Waals surface area contributed by atoms with Gasteiger partial charge in [-0.3, -0.25) is 4.79 Å². The van der Waals surface area contributed by atoms with Crippen molar-refractivity contribution in [1.82, 2.24) is 5.32 Å². The topological polar surface area (TPSA) is 58.6 Å². The van der Waals surface area contributed by atoms with E-state index in [0.717, 1.165) is 19.3 Å². The molecule has 5 heteroatoms. The average molecular weight is 281 g/mol. The molecule has 1 aromatic carbocycles. The lowest BCUT2D eigenvalue weighted by Gasteiger charge is -2.11. The first kappa shape index (κ1) is 14.8. The first-order chi connectivity index (χ1) is 9.63. The SMILES string of the molecule is O=C(CCOc1cccc(F)c1)NCC1CCC(O)C1. The number of aliphatic hydroxyl groups is 1. The van der Waals surface area contributed by atoms with Gasteiger partial charge < -0.3 is 15.2 Å². The molecule has 0 aliphatic heterocycles. The molecule has 0 aromatic heterocycles. The third kappa shape index (κ3) is 4.81. The minimum absolute atomic E-state index is 0.0807. The lowest BCUT2D eigenvalue weighted by molar-refractivity contribution is -0.121. The molecule has 1 aliphatic rings. The predicted octanol–water partition coefficient (Wildman–Crippen LogP) is 1.87. The van der Waals surface area contributed by atoms with Crippen LogP contribution >= 0.6 is 0 Å². The van der Waals surface area contributed by atoms with E-state index >= 15 is 0 Å². The zero-order chi connectivity index (χ0) is 14.4. The van der Waals surface area contributed by atoms with Crippen LogP contribution in [0.2, 0.25) is 0 Å². The lowest BCUT2D eigenvalue weighted by atomic mass is 10.1. The van der Waals surface area contributed by atoms with Crippen molar-refractivity contribution in [2.75, 3.05) is 13.2 Å². The summed E-state index contributed by atoms with van der Waals surface area (Å²) in [4.78, 5) is 11.6. The summed E-state index contributed by atoms with van der Waals surface area (Å²) in [5.41, 5.74) is 0. The highest BCUT2D eigenvalue weighted by Crippen LogP contribution is 2.24. The zero-order valence-electron chi connectivity index (χ0n) is 11.3. The van der Waals surface area contributed by atoms with Crippen molar-refractivity contribution in [3.8, 4) is 5.75 Å². The minimum atomic E-state index is -0.355. The molecule has 20 heavy (non-hydrogen) atoms. The van der Waals surface area contributed by atoms with Gasteiger partial charge in [-0.1, -0.05) is 6.07 Å². The third-order valence-electron chi connectivity index (χ3n) is 3.50. The second-order valence-electron chi connectivity index (χ2n) is 5.19. The molecule has 1 aliphatic carbocycles. The van der Waals surface area contributed by atoms with Crippen molar-refractivity contribution in [3.05, 3.63) is 30.1 Å². The largest absolute Gasteiger partial charge is 0.493 e. The van der Waals surface area contributed by atoms with E-state index in [9.17, 15) is 14.3 Å². The number of hydrogen-bond donors (Lipinski definition) is 2. The molecular formula is C15H20FNO3. The third-order valence-corrected chi connectivity index (χ3v) is 3.50. The first-order valence-electron chi connectivity index (χ1n) is 6.96. The van der Waals surface area contributed by atoms with Crippen LogP contribution in [-0.2, 0) is 4.79 Å². The molecule has 2 N–H and O–H groups in total. The molecule has 0 bridgehead atoms. The monoisotopic (exact) mass is 281 g/mol. The summed E-state index contributed by atoms with van der Waals surface area (Å²) >= 11 is 0. The number of carbonyl (C=O) groups excluding carboxylic acids is 1. The first-order valence-corrected chi connectivity index (χ1v) is 6.96. The number of carbonyl (C=O) groups is 1. The Hall–Kier alpha value is -1.62. The van der Waals surface area contributed by atoms with Crippen molar-refractivity contribution >= 4 is 5.91 Å². The molecule has 2 unspecified atom stereocenters. The van der Waals surface area contributed by atoms with Gasteiger partial charge in [0.1, 0.15) is 11.6 Å². The molecule has 1 saturated carbocycles. The lowest BCUT2D eigenvalue weighted by Crippen LogP contribution is -2.29. The fourth-order valence-electron chi connectivity index (χ4n) is 2.40. The van der Waals surface area contributed by atoms with Gasteiger partial charge in [0, 0.05) is 12.6 Å². The Labute approximate surface area is 117 Å². The van der Waals surface area contributed by atoms with Gasteiger partial charge in [0.2, 0.25) is 5.91 Å². The van der Waals surface area contributed by atoms with Gasteiger partial charge in [0.25, 0.3) is 0 Å². The smallest absolute Gasteiger partial charge is 0.223 e. The number of halogens is 1. The van der Waals surface area contributed by atoms with Crippen molar-refractivity contribution < 1.29 is 19.0 Å². The summed E-state index contributed by atoms with van der Waals surface area (Å²) in [7, 11) is 0. The number of hydrogen-bond acceptors (Lipinski definition) is 3. The van der Waals surface area contributed by atoms with E-state index in [1.54, 1.807) is 12.1 Å². The van der Waals surface area contributed by atoms with Crippen molar-refractivity contribution in [1.29, 1.82) is 0 Å². The second kappa shape index (κ2) is 7.24. The Balaban J connectivity index is 1.60. The molecule has 2 atom stereocenters. The van der Waals surface area contributed by atoms with Gasteiger partial charge in [-0.2, -0.15) is 0 Å². The molecule has 4 nitrogen and oxygen atoms in total. The summed E-state index contributed by atoms with van der Waals surface area (Å²) in [5.74, 6) is 0.365. The summed E-state index contributed by atoms with van der Waals surface area (Å²) in [6.45, 7) is 0.832. The molecule has 0 saturated heterocycles. The number of ether oxygens (including phenoxy) is 1. The van der Waals surface area contributed by atoms with Crippen LogP contribution in [0, 0.1) is 11.7 Å². The van der Waals surface area contributed by atoms with Gasteiger partial charge in [-0.05, 0) is 37.3 Å². The number of aliphatic hydroxyl groups excluding tert-OH is 1. The highest BCUT2D eigenvalue weighted by molar-refractivity contribution is 5.75. The number of rotatable bonds is 6. The molecule has 0 heterocycles. The number of benzene rings is 1. The van der Waals surface area contributed by atoms with Gasteiger partial charge in [-0.25, -0.2) is 4.39 Å². The predicted molar refractivity (Wildman–Crippen MR) is 72.9 cm³/mol. The molecular weight excluding hydrogens is 261 g/mol. The van der Waals surface area contributed by atoms with Crippen molar-refractivity contribution in [2.24, 2.45) is 5.92 Å². The molecule has 1 fully saturated rings. The van der Waals surface area contributed by atoms with E-state index in [1.165, 1.54) is 12.1 Å². The number of amides is 1. The van der Waals surface area contributed by atoms with Crippen LogP contribution in [0.25, 0.3) is 0 Å². The standard InChI is InChI=1S/C15H20FNO3/c16-12-2-1-3-14(9-12)20-7-6-15(19)17-10-11-4-5-13(18)8-11/h1-3,9,11,13,18H,4-8,10H2,(H,17,19). The average Bonchev–Trinajstić information content (AvgIpc) is 2.82. The van der Waals surface area contributed by atoms with E-state index in [2.05, 4.69) is 5.32 Å². The molecule has 0 spiro atoms. The highest BCUT2D eigenvalue weighted by atomic mass is 19.1. The van der Waals surface area contributed by atoms with Gasteiger partial charge >= 0.3 is 0 Å². The summed E-state index contributed by atoms with van der Waals surface area (Å²) < 4.78 is 18.2. The van der Waals surface area contributed by atoms with E-state index < -0.39 is 0 Å². The zero-order valence-corrected chi connectivity index (χ0v) is 11.3. The summed E-state index contributed by atoms with van der Waals surface area (Å²) in [6.07, 6.45) is 2.57. The second-order valence-corrected chi connectivity index (χ2v) is 5.19. The highest BCUT2D eigenvalue weighted by Gasteiger charge is 2.22. The van der Waals surface area contributed by atoms with Gasteiger partial charge in [0.15, 0.2) is 0 Å². The molecule has 2 rings (SSSR count). The van der Waals surface area contributed by atoms with Gasteiger partial charge in [-0.15, -0.1) is 0 Å². The van der Waals surface area contributed by atoms with E-state index in [0.29, 0.717) is 18.2 Å². The van der Waals surface area contributed by atoms with E-state index in [4.69, 9.17) is 4.74 Å². The van der Waals surface area contributed by atoms with Crippen LogP contribution in [-0.4, -0.2) is 30.3 Å². The molecule has 1 aromatic rings. The quantitative estimate of drug-likeness (QED) is 0.837. The maximum absolute atomic E-state index is 12.9. The van der Waals surface area contributed by atoms with Crippen LogP contribution in [0.15, 0.2) is 24.3 Å². The molecule has 0 radical (unpaired) electrons. The fourth-order valence-corrected chi connectivity index (χ4v) is 2.40. The Morgan fingerprint density at radius 1 is 1.45 bits per heavy atom. The molecule has 1 amide bonds. The van der Waals surface area contributed by atoms with Crippen LogP contribution in [0.5, 0.6) is 5.75 Å². The van der Waals surface area contributed by atoms with E-state index in [-0.39, 0.29) is 30.9 Å². The fraction of sp³-hybridized carbons (Fsp3) is 0.533. The molecule has 110 valence electrons. The Bertz CT molecular complexity index is 452. The van der Waals surface area contributed by atoms with Crippen molar-refractivity contribution in [2.45, 2.75) is 31.8 Å². The Morgan fingerprint density at radius 3 is 3.00 bits per heavy atom. The van der Waals surface area contributed by atoms with Crippen LogP contribution in [0.4, 0.5) is 4.39 Å². The normalized spacial score (nSPS) is 21.7. The van der Waals surface area contributed by atoms with Crippen LogP contribution in [0.3, 0.4) is 0 Å². The van der Waals surface area contributed by atoms with E-state index in [1.807, 2.05) is 0 Å². The Kier molecular flexibility index (Phi) is 5.35. The summed E-state index contributed by atoms with van der Waals surface area (Å²) in [6, 6.07) is 5.85. The Morgan fingerprint density at radius 2 is 2.30 bits per heavy atom. The van der Waals surface area contributed by atoms with Crippen molar-refractivity contribution in [3.63, 3.8) is 0 Å². The maximum atomic E-state index is 12.9. The van der Waals surface area contributed by atoms with Gasteiger partial charge in [0.05, 0.1) is 19.1 Å². The van der Waals surface area contributed by atoms with Crippen LogP contribution < -0.4 is 10.1 Å². The number of nitrogens with one attached hydrogen (secondary N) is 1.